The van der Waals surface area contributed by atoms with Crippen LogP contribution in [0.15, 0.2) is 6.20 Å². The summed E-state index contributed by atoms with van der Waals surface area (Å²) in [5.74, 6) is 1.43. The number of hydrogen-bond acceptors (Lipinski definition) is 4. The highest BCUT2D eigenvalue weighted by molar-refractivity contribution is 5.95. The first kappa shape index (κ1) is 19.9. The van der Waals surface area contributed by atoms with Crippen molar-refractivity contribution in [2.45, 2.75) is 76.9 Å². The van der Waals surface area contributed by atoms with Gasteiger partial charge in [0.05, 0.1) is 29.7 Å². The lowest BCUT2D eigenvalue weighted by Crippen LogP contribution is -2.48. The minimum absolute atomic E-state index is 0.0890. The molecule has 6 nitrogen and oxygen atoms in total. The van der Waals surface area contributed by atoms with Gasteiger partial charge in [0, 0.05) is 25.6 Å². The predicted molar refractivity (Wildman–Crippen MR) is 109 cm³/mol. The summed E-state index contributed by atoms with van der Waals surface area (Å²) in [4.78, 5) is 17.7. The van der Waals surface area contributed by atoms with Gasteiger partial charge in [-0.1, -0.05) is 19.3 Å². The standard InChI is InChI=1S/C22H36N4O2/c1-16-13-26(14-17(2)28-16)22(27)20-12-23-24-21(20)19-8-10-25(11-9-19)15-18-6-4-3-5-7-18/h12,16-19H,3-11,13-15H2,1-2H3,(H,23,24)/t16-,17+. The Hall–Kier alpha value is -1.40. The number of aromatic amines is 1. The van der Waals surface area contributed by atoms with E-state index in [2.05, 4.69) is 15.1 Å². The van der Waals surface area contributed by atoms with Crippen molar-refractivity contribution in [3.63, 3.8) is 0 Å². The highest BCUT2D eigenvalue weighted by Gasteiger charge is 2.32. The molecular weight excluding hydrogens is 352 g/mol. The van der Waals surface area contributed by atoms with Crippen LogP contribution in [0.25, 0.3) is 0 Å². The second-order valence-corrected chi connectivity index (χ2v) is 9.24. The maximum Gasteiger partial charge on any atom is 0.257 e. The van der Waals surface area contributed by atoms with Crippen molar-refractivity contribution in [3.8, 4) is 0 Å². The topological polar surface area (TPSA) is 61.5 Å². The van der Waals surface area contributed by atoms with E-state index >= 15 is 0 Å². The van der Waals surface area contributed by atoms with E-state index in [-0.39, 0.29) is 18.1 Å². The molecule has 6 heteroatoms. The second-order valence-electron chi connectivity index (χ2n) is 9.24. The zero-order chi connectivity index (χ0) is 19.5. The molecule has 0 aromatic carbocycles. The molecule has 1 saturated carbocycles. The van der Waals surface area contributed by atoms with Crippen LogP contribution in [0, 0.1) is 5.92 Å². The minimum Gasteiger partial charge on any atom is -0.372 e. The molecule has 4 rings (SSSR count). The van der Waals surface area contributed by atoms with Gasteiger partial charge < -0.3 is 14.5 Å². The number of amides is 1. The Kier molecular flexibility index (Phi) is 6.36. The quantitative estimate of drug-likeness (QED) is 0.859. The monoisotopic (exact) mass is 388 g/mol. The zero-order valence-electron chi connectivity index (χ0n) is 17.5. The molecule has 28 heavy (non-hydrogen) atoms. The SMILES string of the molecule is C[C@@H]1CN(C(=O)c2cn[nH]c2C2CCN(CC3CCCCC3)CC2)C[C@H](C)O1. The molecule has 3 heterocycles. The van der Waals surface area contributed by atoms with Crippen LogP contribution in [0.3, 0.4) is 0 Å². The molecule has 0 bridgehead atoms. The Labute approximate surface area is 169 Å². The van der Waals surface area contributed by atoms with Crippen LogP contribution < -0.4 is 0 Å². The fourth-order valence-corrected chi connectivity index (χ4v) is 5.43. The first-order valence-corrected chi connectivity index (χ1v) is 11.3. The maximum atomic E-state index is 13.1. The molecule has 0 spiro atoms. The fourth-order valence-electron chi connectivity index (χ4n) is 5.43. The number of likely N-dealkylation sites (tertiary alicyclic amines) is 1. The summed E-state index contributed by atoms with van der Waals surface area (Å²) in [6.45, 7) is 8.94. The van der Waals surface area contributed by atoms with E-state index < -0.39 is 0 Å². The summed E-state index contributed by atoms with van der Waals surface area (Å²) >= 11 is 0. The smallest absolute Gasteiger partial charge is 0.257 e. The highest BCUT2D eigenvalue weighted by Crippen LogP contribution is 2.32. The van der Waals surface area contributed by atoms with Crippen LogP contribution in [-0.4, -0.2) is 70.8 Å². The number of carbonyl (C=O) groups excluding carboxylic acids is 1. The molecular formula is C22H36N4O2. The van der Waals surface area contributed by atoms with Crippen molar-refractivity contribution in [1.29, 1.82) is 0 Å². The number of morpholine rings is 1. The zero-order valence-corrected chi connectivity index (χ0v) is 17.5. The summed E-state index contributed by atoms with van der Waals surface area (Å²) in [5, 5.41) is 7.41. The van der Waals surface area contributed by atoms with Gasteiger partial charge in [0.25, 0.3) is 5.91 Å². The Bertz CT molecular complexity index is 637. The Morgan fingerprint density at radius 2 is 1.79 bits per heavy atom. The average Bonchev–Trinajstić information content (AvgIpc) is 3.18. The van der Waals surface area contributed by atoms with E-state index in [1.54, 1.807) is 6.20 Å². The van der Waals surface area contributed by atoms with E-state index in [9.17, 15) is 4.79 Å². The Morgan fingerprint density at radius 1 is 1.11 bits per heavy atom. The summed E-state index contributed by atoms with van der Waals surface area (Å²) in [5.41, 5.74) is 1.82. The molecule has 2 saturated heterocycles. The van der Waals surface area contributed by atoms with Gasteiger partial charge in [-0.25, -0.2) is 0 Å². The number of rotatable bonds is 4. The number of H-pyrrole nitrogens is 1. The van der Waals surface area contributed by atoms with Crippen molar-refractivity contribution in [1.82, 2.24) is 20.0 Å². The lowest BCUT2D eigenvalue weighted by atomic mass is 9.87. The molecule has 0 unspecified atom stereocenters. The van der Waals surface area contributed by atoms with Gasteiger partial charge in [0.2, 0.25) is 0 Å². The third-order valence-electron chi connectivity index (χ3n) is 6.84. The van der Waals surface area contributed by atoms with Gasteiger partial charge in [0.1, 0.15) is 0 Å². The maximum absolute atomic E-state index is 13.1. The predicted octanol–water partition coefficient (Wildman–Crippen LogP) is 3.42. The van der Waals surface area contributed by atoms with Crippen molar-refractivity contribution >= 4 is 5.91 Å². The fraction of sp³-hybridized carbons (Fsp3) is 0.818. The van der Waals surface area contributed by atoms with Gasteiger partial charge in [-0.15, -0.1) is 0 Å². The number of piperidine rings is 1. The number of aromatic nitrogens is 2. The molecule has 1 N–H and O–H groups in total. The van der Waals surface area contributed by atoms with Crippen molar-refractivity contribution in [3.05, 3.63) is 17.5 Å². The molecule has 2 aliphatic heterocycles. The van der Waals surface area contributed by atoms with Crippen LogP contribution in [0.5, 0.6) is 0 Å². The van der Waals surface area contributed by atoms with E-state index in [0.29, 0.717) is 19.0 Å². The van der Waals surface area contributed by atoms with Crippen LogP contribution in [0.4, 0.5) is 0 Å². The minimum atomic E-state index is 0.0890. The van der Waals surface area contributed by atoms with E-state index in [1.165, 1.54) is 38.6 Å². The largest absolute Gasteiger partial charge is 0.372 e. The lowest BCUT2D eigenvalue weighted by Gasteiger charge is -2.36. The summed E-state index contributed by atoms with van der Waals surface area (Å²) in [6.07, 6.45) is 11.2. The lowest BCUT2D eigenvalue weighted by molar-refractivity contribution is -0.0586. The number of carbonyl (C=O) groups is 1. The van der Waals surface area contributed by atoms with Crippen LogP contribution >= 0.6 is 0 Å². The second kappa shape index (κ2) is 8.95. The molecule has 2 atom stereocenters. The highest BCUT2D eigenvalue weighted by atomic mass is 16.5. The average molecular weight is 389 g/mol. The van der Waals surface area contributed by atoms with Crippen molar-refractivity contribution in [2.75, 3.05) is 32.7 Å². The van der Waals surface area contributed by atoms with Gasteiger partial charge in [0.15, 0.2) is 0 Å². The van der Waals surface area contributed by atoms with E-state index in [0.717, 1.165) is 43.1 Å². The molecule has 1 aliphatic carbocycles. The molecule has 1 aromatic rings. The number of nitrogens with one attached hydrogen (secondary N) is 1. The van der Waals surface area contributed by atoms with Crippen molar-refractivity contribution in [2.24, 2.45) is 5.92 Å². The Balaban J connectivity index is 1.35. The van der Waals surface area contributed by atoms with Gasteiger partial charge in [-0.2, -0.15) is 5.10 Å². The molecule has 1 aromatic heterocycles. The third kappa shape index (κ3) is 4.60. The Morgan fingerprint density at radius 3 is 2.46 bits per heavy atom. The molecule has 1 amide bonds. The number of hydrogen-bond donors (Lipinski definition) is 1. The van der Waals surface area contributed by atoms with Gasteiger partial charge >= 0.3 is 0 Å². The van der Waals surface area contributed by atoms with E-state index in [4.69, 9.17) is 4.74 Å². The van der Waals surface area contributed by atoms with Crippen LogP contribution in [0.2, 0.25) is 0 Å². The first-order chi connectivity index (χ1) is 13.6. The van der Waals surface area contributed by atoms with Crippen molar-refractivity contribution < 1.29 is 9.53 Å². The number of nitrogens with zero attached hydrogens (tertiary/aromatic N) is 3. The normalized spacial score (nSPS) is 28.6. The molecule has 156 valence electrons. The van der Waals surface area contributed by atoms with E-state index in [1.807, 2.05) is 18.7 Å². The third-order valence-corrected chi connectivity index (χ3v) is 6.84. The van der Waals surface area contributed by atoms with Crippen LogP contribution in [0.1, 0.15) is 80.8 Å². The number of ether oxygens (including phenoxy) is 1. The van der Waals surface area contributed by atoms with Crippen LogP contribution in [-0.2, 0) is 4.74 Å². The first-order valence-electron chi connectivity index (χ1n) is 11.3. The summed E-state index contributed by atoms with van der Waals surface area (Å²) in [6, 6.07) is 0. The summed E-state index contributed by atoms with van der Waals surface area (Å²) in [7, 11) is 0. The van der Waals surface area contributed by atoms with Gasteiger partial charge in [-0.05, 0) is 58.5 Å². The summed E-state index contributed by atoms with van der Waals surface area (Å²) < 4.78 is 5.78. The molecule has 3 fully saturated rings. The molecule has 3 aliphatic rings. The molecule has 0 radical (unpaired) electrons. The van der Waals surface area contributed by atoms with Gasteiger partial charge in [-0.3, -0.25) is 9.89 Å².